The molecule has 1 aromatic rings. The summed E-state index contributed by atoms with van der Waals surface area (Å²) >= 11 is 0. The molecule has 0 saturated carbocycles. The molecule has 0 radical (unpaired) electrons. The van der Waals surface area contributed by atoms with E-state index < -0.39 is 12.7 Å². The van der Waals surface area contributed by atoms with Gasteiger partial charge in [0.15, 0.2) is 0 Å². The molecular formula is C8H10F3N5. The number of anilines is 1. The predicted octanol–water partition coefficient (Wildman–Crippen LogP) is 0.759. The zero-order valence-corrected chi connectivity index (χ0v) is 8.41. The van der Waals surface area contributed by atoms with Crippen molar-refractivity contribution in [1.29, 1.82) is 5.41 Å². The van der Waals surface area contributed by atoms with Crippen molar-refractivity contribution in [2.24, 2.45) is 5.73 Å². The van der Waals surface area contributed by atoms with Crippen LogP contribution in [0.1, 0.15) is 5.69 Å². The normalized spacial score (nSPS) is 11.2. The summed E-state index contributed by atoms with van der Waals surface area (Å²) < 4.78 is 36.2. The van der Waals surface area contributed by atoms with Crippen molar-refractivity contribution >= 4 is 11.7 Å². The lowest BCUT2D eigenvalue weighted by atomic mass is 10.4. The molecule has 0 aromatic carbocycles. The second-order valence-electron chi connectivity index (χ2n) is 3.14. The Morgan fingerprint density at radius 1 is 1.44 bits per heavy atom. The number of aromatic nitrogens is 2. The molecule has 1 aromatic heterocycles. The Kier molecular flexibility index (Phi) is 3.31. The second-order valence-corrected chi connectivity index (χ2v) is 3.14. The van der Waals surface area contributed by atoms with Gasteiger partial charge in [0.1, 0.15) is 23.9 Å². The van der Waals surface area contributed by atoms with Gasteiger partial charge < -0.3 is 10.6 Å². The van der Waals surface area contributed by atoms with Crippen LogP contribution in [0.15, 0.2) is 12.4 Å². The van der Waals surface area contributed by atoms with Gasteiger partial charge in [-0.15, -0.1) is 0 Å². The molecule has 3 N–H and O–H groups in total. The molecule has 1 heterocycles. The number of hydrogen-bond donors (Lipinski definition) is 2. The SMILES string of the molecule is CN(CC(F)(F)F)c1cnc(C(=N)N)cn1. The average molecular weight is 233 g/mol. The number of hydrogen-bond acceptors (Lipinski definition) is 4. The van der Waals surface area contributed by atoms with Crippen LogP contribution in [0.3, 0.4) is 0 Å². The highest BCUT2D eigenvalue weighted by atomic mass is 19.4. The average Bonchev–Trinajstić information content (AvgIpc) is 2.15. The Bertz CT molecular complexity index is 372. The van der Waals surface area contributed by atoms with E-state index in [-0.39, 0.29) is 17.3 Å². The van der Waals surface area contributed by atoms with Gasteiger partial charge >= 0.3 is 6.18 Å². The van der Waals surface area contributed by atoms with E-state index in [1.54, 1.807) is 0 Å². The van der Waals surface area contributed by atoms with E-state index in [0.717, 1.165) is 17.3 Å². The smallest absolute Gasteiger partial charge is 0.382 e. The lowest BCUT2D eigenvalue weighted by molar-refractivity contribution is -0.119. The minimum atomic E-state index is -4.30. The number of halogens is 3. The third-order valence-electron chi connectivity index (χ3n) is 1.72. The lowest BCUT2D eigenvalue weighted by Crippen LogP contribution is -2.31. The van der Waals surface area contributed by atoms with Crippen molar-refractivity contribution in [1.82, 2.24) is 9.97 Å². The number of nitrogen functional groups attached to an aromatic ring is 1. The van der Waals surface area contributed by atoms with Gasteiger partial charge in [0.05, 0.1) is 12.4 Å². The molecule has 0 aliphatic rings. The van der Waals surface area contributed by atoms with E-state index >= 15 is 0 Å². The Hall–Kier alpha value is -1.86. The molecule has 16 heavy (non-hydrogen) atoms. The molecule has 0 atom stereocenters. The first-order valence-corrected chi connectivity index (χ1v) is 4.24. The van der Waals surface area contributed by atoms with Gasteiger partial charge in [0.2, 0.25) is 0 Å². The Labute approximate surface area is 89.6 Å². The third kappa shape index (κ3) is 3.37. The molecule has 0 fully saturated rings. The molecule has 0 unspecified atom stereocenters. The minimum Gasteiger partial charge on any atom is -0.382 e. The topological polar surface area (TPSA) is 78.9 Å². The van der Waals surface area contributed by atoms with Crippen molar-refractivity contribution in [3.63, 3.8) is 0 Å². The van der Waals surface area contributed by atoms with Crippen molar-refractivity contribution in [3.05, 3.63) is 18.1 Å². The van der Waals surface area contributed by atoms with Gasteiger partial charge in [0, 0.05) is 7.05 Å². The van der Waals surface area contributed by atoms with Crippen molar-refractivity contribution in [2.75, 3.05) is 18.5 Å². The first-order chi connectivity index (χ1) is 7.29. The highest BCUT2D eigenvalue weighted by molar-refractivity contribution is 5.92. The van der Waals surface area contributed by atoms with E-state index in [1.807, 2.05) is 0 Å². The molecule has 1 rings (SSSR count). The number of nitrogens with one attached hydrogen (secondary N) is 1. The zero-order chi connectivity index (χ0) is 12.3. The van der Waals surface area contributed by atoms with Crippen LogP contribution < -0.4 is 10.6 Å². The maximum Gasteiger partial charge on any atom is 0.405 e. The summed E-state index contributed by atoms with van der Waals surface area (Å²) in [4.78, 5) is 8.35. The fourth-order valence-corrected chi connectivity index (χ4v) is 1.01. The van der Waals surface area contributed by atoms with Gasteiger partial charge in [-0.25, -0.2) is 9.97 Å². The van der Waals surface area contributed by atoms with Gasteiger partial charge in [-0.3, -0.25) is 5.41 Å². The number of rotatable bonds is 3. The van der Waals surface area contributed by atoms with E-state index in [2.05, 4.69) is 9.97 Å². The Balaban J connectivity index is 2.78. The molecular weight excluding hydrogens is 223 g/mol. The van der Waals surface area contributed by atoms with Crippen LogP contribution >= 0.6 is 0 Å². The summed E-state index contributed by atoms with van der Waals surface area (Å²) in [6.07, 6.45) is -2.00. The quantitative estimate of drug-likeness (QED) is 0.596. The second kappa shape index (κ2) is 4.33. The molecule has 0 aliphatic heterocycles. The zero-order valence-electron chi connectivity index (χ0n) is 8.41. The molecule has 0 bridgehead atoms. The van der Waals surface area contributed by atoms with E-state index in [4.69, 9.17) is 11.1 Å². The fourth-order valence-electron chi connectivity index (χ4n) is 1.01. The first kappa shape index (κ1) is 12.2. The molecule has 0 aliphatic carbocycles. The van der Waals surface area contributed by atoms with Crippen molar-refractivity contribution < 1.29 is 13.2 Å². The lowest BCUT2D eigenvalue weighted by Gasteiger charge is -2.19. The highest BCUT2D eigenvalue weighted by Gasteiger charge is 2.29. The summed E-state index contributed by atoms with van der Waals surface area (Å²) in [6.45, 7) is -1.11. The van der Waals surface area contributed by atoms with Crippen molar-refractivity contribution in [2.45, 2.75) is 6.18 Å². The summed E-state index contributed by atoms with van der Waals surface area (Å²) in [7, 11) is 1.25. The predicted molar refractivity (Wildman–Crippen MR) is 52.4 cm³/mol. The molecule has 0 saturated heterocycles. The van der Waals surface area contributed by atoms with Crippen LogP contribution in [-0.4, -0.2) is 35.6 Å². The monoisotopic (exact) mass is 233 g/mol. The molecule has 5 nitrogen and oxygen atoms in total. The Morgan fingerprint density at radius 2 is 2.06 bits per heavy atom. The van der Waals surface area contributed by atoms with Crippen LogP contribution in [-0.2, 0) is 0 Å². The maximum atomic E-state index is 12.1. The first-order valence-electron chi connectivity index (χ1n) is 4.24. The summed E-state index contributed by atoms with van der Waals surface area (Å²) in [6, 6.07) is 0. The summed E-state index contributed by atoms with van der Waals surface area (Å²) in [5.74, 6) is -0.208. The van der Waals surface area contributed by atoms with Crippen LogP contribution in [0.4, 0.5) is 19.0 Å². The third-order valence-corrected chi connectivity index (χ3v) is 1.72. The molecule has 0 spiro atoms. The van der Waals surface area contributed by atoms with Crippen LogP contribution in [0.25, 0.3) is 0 Å². The van der Waals surface area contributed by atoms with Gasteiger partial charge in [0.25, 0.3) is 0 Å². The van der Waals surface area contributed by atoms with Crippen LogP contribution in [0.5, 0.6) is 0 Å². The van der Waals surface area contributed by atoms with E-state index in [1.165, 1.54) is 7.05 Å². The van der Waals surface area contributed by atoms with Gasteiger partial charge in [-0.2, -0.15) is 13.2 Å². The van der Waals surface area contributed by atoms with Gasteiger partial charge in [-0.1, -0.05) is 0 Å². The Morgan fingerprint density at radius 3 is 2.44 bits per heavy atom. The van der Waals surface area contributed by atoms with Crippen LogP contribution in [0, 0.1) is 5.41 Å². The minimum absolute atomic E-state index is 0.0716. The summed E-state index contributed by atoms with van der Waals surface area (Å²) in [5, 5.41) is 7.04. The number of amidine groups is 1. The summed E-state index contributed by atoms with van der Waals surface area (Å²) in [5.41, 5.74) is 5.26. The standard InChI is InChI=1S/C8H10F3N5/c1-16(4-8(9,10)11)6-3-14-5(2-15-6)7(12)13/h2-3H,4H2,1H3,(H3,12,13). The van der Waals surface area contributed by atoms with E-state index in [0.29, 0.717) is 0 Å². The largest absolute Gasteiger partial charge is 0.405 e. The molecule has 8 heteroatoms. The number of nitrogens with two attached hydrogens (primary N) is 1. The maximum absolute atomic E-state index is 12.1. The van der Waals surface area contributed by atoms with E-state index in [9.17, 15) is 13.2 Å². The highest BCUT2D eigenvalue weighted by Crippen LogP contribution is 2.18. The van der Waals surface area contributed by atoms with Crippen molar-refractivity contribution in [3.8, 4) is 0 Å². The number of nitrogens with zero attached hydrogens (tertiary/aromatic N) is 3. The fraction of sp³-hybridized carbons (Fsp3) is 0.375. The molecule has 0 amide bonds. The number of alkyl halides is 3. The van der Waals surface area contributed by atoms with Gasteiger partial charge in [-0.05, 0) is 0 Å². The molecule has 88 valence electrons. The van der Waals surface area contributed by atoms with Crippen LogP contribution in [0.2, 0.25) is 0 Å².